The summed E-state index contributed by atoms with van der Waals surface area (Å²) in [6, 6.07) is 0. The minimum atomic E-state index is -0.515. The van der Waals surface area contributed by atoms with E-state index in [0.29, 0.717) is 19.8 Å². The average Bonchev–Trinajstić information content (AvgIpc) is 2.86. The van der Waals surface area contributed by atoms with Crippen LogP contribution in [0.1, 0.15) is 33.1 Å². The molecule has 2 N–H and O–H groups in total. The van der Waals surface area contributed by atoms with E-state index in [4.69, 9.17) is 9.47 Å². The highest BCUT2D eigenvalue weighted by molar-refractivity contribution is 5.85. The second-order valence-electron chi connectivity index (χ2n) is 5.19. The van der Waals surface area contributed by atoms with Crippen LogP contribution in [0.2, 0.25) is 0 Å². The first-order valence-corrected chi connectivity index (χ1v) is 6.73. The van der Waals surface area contributed by atoms with Crippen LogP contribution in [0.3, 0.4) is 0 Å². The summed E-state index contributed by atoms with van der Waals surface area (Å²) in [6.07, 6.45) is 3.36. The van der Waals surface area contributed by atoms with Crippen LogP contribution in [0.15, 0.2) is 0 Å². The predicted octanol–water partition coefficient (Wildman–Crippen LogP) is 0.686. The van der Waals surface area contributed by atoms with E-state index in [9.17, 15) is 4.79 Å². The number of nitrogens with one attached hydrogen (secondary N) is 2. The summed E-state index contributed by atoms with van der Waals surface area (Å²) in [5.74, 6) is 0.0177. The number of likely N-dealkylation sites (N-methyl/N-ethyl adjacent to an activating group) is 1. The Balaban J connectivity index is 1.96. The number of amides is 1. The number of carbonyl (C=O) groups is 1. The van der Waals surface area contributed by atoms with Crippen molar-refractivity contribution < 1.29 is 14.3 Å². The van der Waals surface area contributed by atoms with Gasteiger partial charge in [-0.25, -0.2) is 0 Å². The third-order valence-corrected chi connectivity index (χ3v) is 3.27. The molecular weight excluding hydrogens is 232 g/mol. The summed E-state index contributed by atoms with van der Waals surface area (Å²) in [5.41, 5.74) is -0.515. The minimum Gasteiger partial charge on any atom is -0.379 e. The van der Waals surface area contributed by atoms with Gasteiger partial charge in [-0.15, -0.1) is 0 Å². The largest absolute Gasteiger partial charge is 0.379 e. The first-order chi connectivity index (χ1) is 8.56. The molecule has 1 aliphatic rings. The number of hydrogen-bond acceptors (Lipinski definition) is 4. The fraction of sp³-hybridized carbons (Fsp3) is 0.923. The second kappa shape index (κ2) is 7.71. The van der Waals surface area contributed by atoms with E-state index in [0.717, 1.165) is 25.9 Å². The molecule has 1 rings (SSSR count). The van der Waals surface area contributed by atoms with Gasteiger partial charge in [-0.3, -0.25) is 4.79 Å². The Morgan fingerprint density at radius 3 is 2.89 bits per heavy atom. The fourth-order valence-corrected chi connectivity index (χ4v) is 1.70. The molecule has 0 bridgehead atoms. The van der Waals surface area contributed by atoms with Gasteiger partial charge in [0, 0.05) is 19.8 Å². The van der Waals surface area contributed by atoms with E-state index in [1.807, 2.05) is 13.8 Å². The van der Waals surface area contributed by atoms with Gasteiger partial charge in [-0.05, 0) is 40.2 Å². The van der Waals surface area contributed by atoms with Crippen molar-refractivity contribution in [1.29, 1.82) is 0 Å². The molecule has 0 aliphatic carbocycles. The summed E-state index contributed by atoms with van der Waals surface area (Å²) in [7, 11) is 1.78. The summed E-state index contributed by atoms with van der Waals surface area (Å²) in [6.45, 7) is 6.57. The van der Waals surface area contributed by atoms with E-state index in [1.54, 1.807) is 7.05 Å². The van der Waals surface area contributed by atoms with Crippen molar-refractivity contribution in [2.24, 2.45) is 0 Å². The quantitative estimate of drug-likeness (QED) is 0.629. The predicted molar refractivity (Wildman–Crippen MR) is 70.6 cm³/mol. The first kappa shape index (κ1) is 15.4. The lowest BCUT2D eigenvalue weighted by Gasteiger charge is -2.22. The maximum Gasteiger partial charge on any atom is 0.239 e. The zero-order valence-electron chi connectivity index (χ0n) is 11.8. The van der Waals surface area contributed by atoms with E-state index in [-0.39, 0.29) is 12.0 Å². The number of rotatable bonds is 8. The van der Waals surface area contributed by atoms with E-state index in [1.165, 1.54) is 0 Å². The molecule has 0 radical (unpaired) electrons. The van der Waals surface area contributed by atoms with Gasteiger partial charge < -0.3 is 20.1 Å². The molecule has 18 heavy (non-hydrogen) atoms. The van der Waals surface area contributed by atoms with Gasteiger partial charge in [0.05, 0.1) is 18.2 Å². The molecule has 1 fully saturated rings. The lowest BCUT2D eigenvalue weighted by molar-refractivity contribution is -0.126. The molecule has 1 heterocycles. The Kier molecular flexibility index (Phi) is 6.60. The Labute approximate surface area is 110 Å². The monoisotopic (exact) mass is 258 g/mol. The normalized spacial score (nSPS) is 20.1. The van der Waals surface area contributed by atoms with Gasteiger partial charge in [0.2, 0.25) is 5.91 Å². The SMILES string of the molecule is CNC(C)(C)C(=O)NCCCOCC1CCCO1. The topological polar surface area (TPSA) is 59.6 Å². The standard InChI is InChI=1S/C13H26N2O3/c1-13(2,14-3)12(16)15-7-5-8-17-10-11-6-4-9-18-11/h11,14H,4-10H2,1-3H3,(H,15,16). The Hall–Kier alpha value is -0.650. The van der Waals surface area contributed by atoms with Gasteiger partial charge in [0.25, 0.3) is 0 Å². The summed E-state index contributed by atoms with van der Waals surface area (Å²) in [4.78, 5) is 11.7. The highest BCUT2D eigenvalue weighted by Crippen LogP contribution is 2.11. The third kappa shape index (κ3) is 5.33. The molecule has 1 unspecified atom stereocenters. The van der Waals surface area contributed by atoms with Crippen LogP contribution in [-0.2, 0) is 14.3 Å². The van der Waals surface area contributed by atoms with Crippen molar-refractivity contribution in [1.82, 2.24) is 10.6 Å². The number of carbonyl (C=O) groups excluding carboxylic acids is 1. The molecule has 1 amide bonds. The average molecular weight is 258 g/mol. The highest BCUT2D eigenvalue weighted by Gasteiger charge is 2.24. The number of ether oxygens (including phenoxy) is 2. The van der Waals surface area contributed by atoms with Gasteiger partial charge in [0.1, 0.15) is 0 Å². The zero-order valence-corrected chi connectivity index (χ0v) is 11.8. The zero-order chi connectivity index (χ0) is 13.4. The van der Waals surface area contributed by atoms with Crippen LogP contribution in [0.25, 0.3) is 0 Å². The summed E-state index contributed by atoms with van der Waals surface area (Å²) >= 11 is 0. The molecule has 1 atom stereocenters. The third-order valence-electron chi connectivity index (χ3n) is 3.27. The van der Waals surface area contributed by atoms with Crippen LogP contribution in [0.5, 0.6) is 0 Å². The highest BCUT2D eigenvalue weighted by atomic mass is 16.5. The molecule has 5 heteroatoms. The smallest absolute Gasteiger partial charge is 0.239 e. The van der Waals surface area contributed by atoms with Crippen molar-refractivity contribution >= 4 is 5.91 Å². The molecule has 106 valence electrons. The van der Waals surface area contributed by atoms with Crippen molar-refractivity contribution in [2.75, 3.05) is 33.4 Å². The first-order valence-electron chi connectivity index (χ1n) is 6.73. The van der Waals surface area contributed by atoms with Crippen LogP contribution in [0.4, 0.5) is 0 Å². The molecule has 1 aliphatic heterocycles. The number of hydrogen-bond donors (Lipinski definition) is 2. The van der Waals surface area contributed by atoms with E-state index < -0.39 is 5.54 Å². The van der Waals surface area contributed by atoms with Crippen molar-refractivity contribution in [3.63, 3.8) is 0 Å². The van der Waals surface area contributed by atoms with Gasteiger partial charge in [-0.2, -0.15) is 0 Å². The maximum atomic E-state index is 11.7. The lowest BCUT2D eigenvalue weighted by atomic mass is 10.1. The summed E-state index contributed by atoms with van der Waals surface area (Å²) < 4.78 is 11.0. The molecule has 1 saturated heterocycles. The molecule has 0 saturated carbocycles. The Morgan fingerprint density at radius 1 is 1.50 bits per heavy atom. The van der Waals surface area contributed by atoms with Gasteiger partial charge >= 0.3 is 0 Å². The van der Waals surface area contributed by atoms with E-state index >= 15 is 0 Å². The van der Waals surface area contributed by atoms with E-state index in [2.05, 4.69) is 10.6 Å². The Morgan fingerprint density at radius 2 is 2.28 bits per heavy atom. The van der Waals surface area contributed by atoms with Gasteiger partial charge in [-0.1, -0.05) is 0 Å². The van der Waals surface area contributed by atoms with Crippen molar-refractivity contribution in [3.05, 3.63) is 0 Å². The van der Waals surface area contributed by atoms with Crippen LogP contribution < -0.4 is 10.6 Å². The Bertz CT molecular complexity index is 251. The van der Waals surface area contributed by atoms with Crippen LogP contribution in [0, 0.1) is 0 Å². The fourth-order valence-electron chi connectivity index (χ4n) is 1.70. The molecule has 0 spiro atoms. The lowest BCUT2D eigenvalue weighted by Crippen LogP contribution is -2.51. The van der Waals surface area contributed by atoms with Crippen LogP contribution in [-0.4, -0.2) is 51.0 Å². The van der Waals surface area contributed by atoms with Gasteiger partial charge in [0.15, 0.2) is 0 Å². The molecule has 0 aromatic rings. The minimum absolute atomic E-state index is 0.0177. The summed E-state index contributed by atoms with van der Waals surface area (Å²) in [5, 5.41) is 5.86. The molecule has 0 aromatic carbocycles. The molecule has 5 nitrogen and oxygen atoms in total. The van der Waals surface area contributed by atoms with Crippen molar-refractivity contribution in [2.45, 2.75) is 44.8 Å². The maximum absolute atomic E-state index is 11.7. The second-order valence-corrected chi connectivity index (χ2v) is 5.19. The molecular formula is C13H26N2O3. The van der Waals surface area contributed by atoms with Crippen LogP contribution >= 0.6 is 0 Å². The molecule has 0 aromatic heterocycles. The van der Waals surface area contributed by atoms with Crippen molar-refractivity contribution in [3.8, 4) is 0 Å².